The number of ether oxygens (including phenoxy) is 2. The van der Waals surface area contributed by atoms with Crippen molar-refractivity contribution < 1.29 is 14.3 Å². The molecular weight excluding hydrogens is 220 g/mol. The van der Waals surface area contributed by atoms with Crippen molar-refractivity contribution >= 4 is 34.3 Å². The molecule has 0 saturated carbocycles. The Morgan fingerprint density at radius 1 is 1.43 bits per heavy atom. The van der Waals surface area contributed by atoms with Crippen molar-refractivity contribution in [2.24, 2.45) is 5.92 Å². The topological polar surface area (TPSA) is 35.5 Å². The first-order valence-electron chi connectivity index (χ1n) is 4.37. The first-order valence-corrected chi connectivity index (χ1v) is 5.77. The molecule has 14 heavy (non-hydrogen) atoms. The summed E-state index contributed by atoms with van der Waals surface area (Å²) in [6.45, 7) is 6.06. The Morgan fingerprint density at radius 2 is 2.00 bits per heavy atom. The van der Waals surface area contributed by atoms with Crippen LogP contribution in [0.5, 0.6) is 0 Å². The summed E-state index contributed by atoms with van der Waals surface area (Å²) in [5, 5.41) is 0. The van der Waals surface area contributed by atoms with Gasteiger partial charge in [-0.15, -0.1) is 0 Å². The molecule has 0 amide bonds. The molecule has 1 unspecified atom stereocenters. The highest BCUT2D eigenvalue weighted by Crippen LogP contribution is 2.13. The lowest BCUT2D eigenvalue weighted by Gasteiger charge is -2.17. The number of esters is 1. The highest BCUT2D eigenvalue weighted by atomic mass is 32.2. The Kier molecular flexibility index (Phi) is 6.92. The average molecular weight is 236 g/mol. The zero-order valence-corrected chi connectivity index (χ0v) is 10.5. The van der Waals surface area contributed by atoms with Crippen LogP contribution in [-0.4, -0.2) is 29.3 Å². The van der Waals surface area contributed by atoms with Crippen LogP contribution in [0.25, 0.3) is 0 Å². The van der Waals surface area contributed by atoms with E-state index < -0.39 is 0 Å². The van der Waals surface area contributed by atoms with Crippen LogP contribution in [0.2, 0.25) is 0 Å². The second kappa shape index (κ2) is 7.06. The number of hydrogen-bond donors (Lipinski definition) is 0. The predicted molar refractivity (Wildman–Crippen MR) is 62.5 cm³/mol. The fraction of sp³-hybridized carbons (Fsp3) is 0.778. The third-order valence-electron chi connectivity index (χ3n) is 1.76. The maximum Gasteiger partial charge on any atom is 0.316 e. The van der Waals surface area contributed by atoms with Crippen LogP contribution in [0.3, 0.4) is 0 Å². The number of thiocarbonyl (C=S) groups is 1. The molecule has 3 nitrogen and oxygen atoms in total. The molecule has 0 aliphatic heterocycles. The Bertz CT molecular complexity index is 204. The fourth-order valence-electron chi connectivity index (χ4n) is 0.499. The van der Waals surface area contributed by atoms with Gasteiger partial charge in [0.05, 0.1) is 19.0 Å². The van der Waals surface area contributed by atoms with Gasteiger partial charge in [-0.3, -0.25) is 4.79 Å². The molecule has 0 spiro atoms. The molecule has 0 rings (SSSR count). The standard InChI is InChI=1S/C9H16O3S2/c1-6(2)7(3)12-9(13)14-5-8(10)11-4/h6-7H,5H2,1-4H3. The third kappa shape index (κ3) is 6.21. The van der Waals surface area contributed by atoms with Crippen molar-refractivity contribution in [3.8, 4) is 0 Å². The lowest BCUT2D eigenvalue weighted by Crippen LogP contribution is -2.18. The van der Waals surface area contributed by atoms with Crippen molar-refractivity contribution in [3.05, 3.63) is 0 Å². The summed E-state index contributed by atoms with van der Waals surface area (Å²) in [4.78, 5) is 10.8. The second-order valence-corrected chi connectivity index (χ2v) is 4.76. The lowest BCUT2D eigenvalue weighted by molar-refractivity contribution is -0.137. The second-order valence-electron chi connectivity index (χ2n) is 3.18. The first-order chi connectivity index (χ1) is 6.47. The van der Waals surface area contributed by atoms with Gasteiger partial charge in [-0.25, -0.2) is 0 Å². The minimum absolute atomic E-state index is 0.0765. The molecular formula is C9H16O3S2. The van der Waals surface area contributed by atoms with Crippen LogP contribution < -0.4 is 0 Å². The molecule has 1 atom stereocenters. The normalized spacial score (nSPS) is 12.4. The number of hydrogen-bond acceptors (Lipinski definition) is 5. The quantitative estimate of drug-likeness (QED) is 0.552. The summed E-state index contributed by atoms with van der Waals surface area (Å²) in [6, 6.07) is 0. The Balaban J connectivity index is 3.71. The number of carbonyl (C=O) groups is 1. The van der Waals surface area contributed by atoms with E-state index in [9.17, 15) is 4.79 Å². The van der Waals surface area contributed by atoms with Gasteiger partial charge >= 0.3 is 5.97 Å². The van der Waals surface area contributed by atoms with E-state index in [0.717, 1.165) is 0 Å². The Labute approximate surface area is 94.5 Å². The Hall–Kier alpha value is -0.290. The van der Waals surface area contributed by atoms with Gasteiger partial charge < -0.3 is 9.47 Å². The largest absolute Gasteiger partial charge is 0.475 e. The summed E-state index contributed by atoms with van der Waals surface area (Å²) >= 11 is 6.14. The van der Waals surface area contributed by atoms with Gasteiger partial charge in [0.25, 0.3) is 0 Å². The van der Waals surface area contributed by atoms with Crippen molar-refractivity contribution in [2.75, 3.05) is 12.9 Å². The number of thioether (sulfide) groups is 1. The number of rotatable bonds is 4. The SMILES string of the molecule is COC(=O)CSC(=S)OC(C)C(C)C. The Morgan fingerprint density at radius 3 is 2.43 bits per heavy atom. The number of carbonyl (C=O) groups excluding carboxylic acids is 1. The van der Waals surface area contributed by atoms with Crippen LogP contribution in [-0.2, 0) is 14.3 Å². The van der Waals surface area contributed by atoms with E-state index in [-0.39, 0.29) is 17.8 Å². The van der Waals surface area contributed by atoms with Gasteiger partial charge in [-0.1, -0.05) is 25.6 Å². The smallest absolute Gasteiger partial charge is 0.316 e. The lowest BCUT2D eigenvalue weighted by atomic mass is 10.1. The molecule has 0 bridgehead atoms. The van der Waals surface area contributed by atoms with Crippen LogP contribution >= 0.6 is 24.0 Å². The molecule has 5 heteroatoms. The average Bonchev–Trinajstić information content (AvgIpc) is 2.13. The van der Waals surface area contributed by atoms with Gasteiger partial charge in [0.15, 0.2) is 0 Å². The molecule has 82 valence electrons. The van der Waals surface area contributed by atoms with Crippen LogP contribution in [0.4, 0.5) is 0 Å². The number of methoxy groups -OCH3 is 1. The molecule has 0 fully saturated rings. The van der Waals surface area contributed by atoms with E-state index in [1.807, 2.05) is 6.92 Å². The summed E-state index contributed by atoms with van der Waals surface area (Å²) in [5.41, 5.74) is 0. The van der Waals surface area contributed by atoms with E-state index in [1.165, 1.54) is 18.9 Å². The van der Waals surface area contributed by atoms with Gasteiger partial charge in [-0.2, -0.15) is 0 Å². The minimum Gasteiger partial charge on any atom is -0.475 e. The van der Waals surface area contributed by atoms with Crippen molar-refractivity contribution in [1.29, 1.82) is 0 Å². The zero-order valence-electron chi connectivity index (χ0n) is 8.90. The molecule has 0 aromatic carbocycles. The van der Waals surface area contributed by atoms with E-state index in [4.69, 9.17) is 17.0 Å². The maximum atomic E-state index is 10.8. The van der Waals surface area contributed by atoms with Gasteiger partial charge in [0, 0.05) is 0 Å². The van der Waals surface area contributed by atoms with Crippen molar-refractivity contribution in [2.45, 2.75) is 26.9 Å². The molecule has 0 heterocycles. The first kappa shape index (κ1) is 13.7. The summed E-state index contributed by atoms with van der Waals surface area (Å²) in [5.74, 6) is 0.324. The monoisotopic (exact) mass is 236 g/mol. The summed E-state index contributed by atoms with van der Waals surface area (Å²) < 4.78 is 10.3. The zero-order chi connectivity index (χ0) is 11.1. The highest BCUT2D eigenvalue weighted by Gasteiger charge is 2.12. The van der Waals surface area contributed by atoms with Crippen LogP contribution in [0.15, 0.2) is 0 Å². The predicted octanol–water partition coefficient (Wildman–Crippen LogP) is 2.24. The van der Waals surface area contributed by atoms with Gasteiger partial charge in [0.1, 0.15) is 0 Å². The van der Waals surface area contributed by atoms with Crippen LogP contribution in [0, 0.1) is 5.92 Å². The van der Waals surface area contributed by atoms with Crippen molar-refractivity contribution in [3.63, 3.8) is 0 Å². The highest BCUT2D eigenvalue weighted by molar-refractivity contribution is 8.23. The molecule has 0 saturated heterocycles. The maximum absolute atomic E-state index is 10.8. The third-order valence-corrected chi connectivity index (χ3v) is 2.92. The van der Waals surface area contributed by atoms with Gasteiger partial charge in [-0.05, 0) is 25.1 Å². The van der Waals surface area contributed by atoms with E-state index in [2.05, 4.69) is 18.6 Å². The molecule has 0 aromatic rings. The van der Waals surface area contributed by atoms with Crippen molar-refractivity contribution in [1.82, 2.24) is 0 Å². The summed E-state index contributed by atoms with van der Waals surface area (Å²) in [6.07, 6.45) is 0.0765. The van der Waals surface area contributed by atoms with E-state index >= 15 is 0 Å². The molecule has 0 aliphatic carbocycles. The molecule has 0 N–H and O–H groups in total. The summed E-state index contributed by atoms with van der Waals surface area (Å²) in [7, 11) is 1.35. The van der Waals surface area contributed by atoms with Crippen LogP contribution in [0.1, 0.15) is 20.8 Å². The molecule has 0 aromatic heterocycles. The van der Waals surface area contributed by atoms with E-state index in [0.29, 0.717) is 10.3 Å². The van der Waals surface area contributed by atoms with Gasteiger partial charge in [0.2, 0.25) is 4.38 Å². The van der Waals surface area contributed by atoms with E-state index in [1.54, 1.807) is 0 Å². The molecule has 0 aliphatic rings. The minimum atomic E-state index is -0.293. The fourth-order valence-corrected chi connectivity index (χ4v) is 1.40. The molecule has 0 radical (unpaired) electrons.